The molecule has 0 bridgehead atoms. The Labute approximate surface area is 204 Å². The Bertz CT molecular complexity index is 1150. The summed E-state index contributed by atoms with van der Waals surface area (Å²) in [6.07, 6.45) is 2.95. The number of piperidine rings is 1. The molecule has 182 valence electrons. The SMILES string of the molecule is COc1ccc(C(=O)C2CCN(CC(=O)Nc3ccccc3C(=O)NCc3ccco3)CC2)cc1. The molecule has 0 radical (unpaired) electrons. The van der Waals surface area contributed by atoms with Crippen LogP contribution in [0.25, 0.3) is 0 Å². The number of ether oxygens (including phenoxy) is 1. The number of carbonyl (C=O) groups excluding carboxylic acids is 3. The number of nitrogens with one attached hydrogen (secondary N) is 2. The van der Waals surface area contributed by atoms with E-state index in [9.17, 15) is 14.4 Å². The molecule has 0 spiro atoms. The molecular formula is C27H29N3O5. The number of benzene rings is 2. The molecule has 8 heteroatoms. The fourth-order valence-electron chi connectivity index (χ4n) is 4.20. The van der Waals surface area contributed by atoms with E-state index in [0.717, 1.165) is 5.75 Å². The van der Waals surface area contributed by atoms with Crippen LogP contribution in [0.15, 0.2) is 71.3 Å². The van der Waals surface area contributed by atoms with Crippen LogP contribution in [0.5, 0.6) is 5.75 Å². The molecule has 35 heavy (non-hydrogen) atoms. The number of rotatable bonds is 9. The van der Waals surface area contributed by atoms with Gasteiger partial charge in [-0.15, -0.1) is 0 Å². The highest BCUT2D eigenvalue weighted by atomic mass is 16.5. The lowest BCUT2D eigenvalue weighted by Crippen LogP contribution is -2.41. The summed E-state index contributed by atoms with van der Waals surface area (Å²) in [4.78, 5) is 40.2. The second-order valence-corrected chi connectivity index (χ2v) is 8.50. The van der Waals surface area contributed by atoms with E-state index in [-0.39, 0.29) is 36.6 Å². The molecule has 0 atom stereocenters. The van der Waals surface area contributed by atoms with Gasteiger partial charge in [0.05, 0.1) is 37.7 Å². The Morgan fingerprint density at radius 1 is 1.00 bits per heavy atom. The molecule has 2 N–H and O–H groups in total. The standard InChI is InChI=1S/C27H29N3O5/c1-34-21-10-8-19(9-11-21)26(32)20-12-14-30(15-13-20)18-25(31)29-24-7-3-2-6-23(24)27(33)28-17-22-5-4-16-35-22/h2-11,16,20H,12-15,17-18H2,1H3,(H,28,33)(H,29,31). The molecule has 2 heterocycles. The van der Waals surface area contributed by atoms with Crippen molar-refractivity contribution in [3.8, 4) is 5.75 Å². The maximum atomic E-state index is 12.8. The second kappa shape index (κ2) is 11.5. The molecule has 2 amide bonds. The van der Waals surface area contributed by atoms with Gasteiger partial charge < -0.3 is 19.8 Å². The third-order valence-electron chi connectivity index (χ3n) is 6.15. The summed E-state index contributed by atoms with van der Waals surface area (Å²) in [5.41, 5.74) is 1.53. The van der Waals surface area contributed by atoms with Crippen molar-refractivity contribution in [2.75, 3.05) is 32.1 Å². The first-order chi connectivity index (χ1) is 17.0. The highest BCUT2D eigenvalue weighted by molar-refractivity contribution is 6.04. The minimum atomic E-state index is -0.296. The first kappa shape index (κ1) is 24.2. The molecule has 3 aromatic rings. The van der Waals surface area contributed by atoms with Crippen LogP contribution in [-0.2, 0) is 11.3 Å². The predicted molar refractivity (Wildman–Crippen MR) is 131 cm³/mol. The van der Waals surface area contributed by atoms with Gasteiger partial charge >= 0.3 is 0 Å². The summed E-state index contributed by atoms with van der Waals surface area (Å²) < 4.78 is 10.4. The molecule has 1 aromatic heterocycles. The van der Waals surface area contributed by atoms with Gasteiger partial charge in [0.15, 0.2) is 5.78 Å². The van der Waals surface area contributed by atoms with Gasteiger partial charge in [-0.3, -0.25) is 19.3 Å². The molecule has 1 aliphatic heterocycles. The van der Waals surface area contributed by atoms with E-state index in [0.29, 0.717) is 48.5 Å². The first-order valence-electron chi connectivity index (χ1n) is 11.6. The van der Waals surface area contributed by atoms with Gasteiger partial charge in [-0.25, -0.2) is 0 Å². The second-order valence-electron chi connectivity index (χ2n) is 8.50. The maximum absolute atomic E-state index is 12.8. The molecule has 0 aliphatic carbocycles. The first-order valence-corrected chi connectivity index (χ1v) is 11.6. The van der Waals surface area contributed by atoms with Crippen molar-refractivity contribution < 1.29 is 23.5 Å². The smallest absolute Gasteiger partial charge is 0.253 e. The zero-order valence-corrected chi connectivity index (χ0v) is 19.7. The average Bonchev–Trinajstić information content (AvgIpc) is 3.41. The van der Waals surface area contributed by atoms with Crippen LogP contribution in [-0.4, -0.2) is 49.2 Å². The fourth-order valence-corrected chi connectivity index (χ4v) is 4.20. The van der Waals surface area contributed by atoms with Crippen LogP contribution in [0.3, 0.4) is 0 Å². The summed E-state index contributed by atoms with van der Waals surface area (Å²) in [5.74, 6) is 0.951. The molecule has 8 nitrogen and oxygen atoms in total. The highest BCUT2D eigenvalue weighted by Crippen LogP contribution is 2.23. The van der Waals surface area contributed by atoms with Crippen LogP contribution in [0.2, 0.25) is 0 Å². The summed E-state index contributed by atoms with van der Waals surface area (Å²) in [5, 5.41) is 5.66. The third-order valence-corrected chi connectivity index (χ3v) is 6.15. The molecular weight excluding hydrogens is 446 g/mol. The Balaban J connectivity index is 1.27. The van der Waals surface area contributed by atoms with Gasteiger partial charge in [0.1, 0.15) is 11.5 Å². The maximum Gasteiger partial charge on any atom is 0.253 e. The number of hydrogen-bond donors (Lipinski definition) is 2. The molecule has 1 fully saturated rings. The van der Waals surface area contributed by atoms with Crippen LogP contribution in [0.1, 0.15) is 39.3 Å². The number of amides is 2. The van der Waals surface area contributed by atoms with Gasteiger partial charge in [-0.2, -0.15) is 0 Å². The molecule has 2 aromatic carbocycles. The van der Waals surface area contributed by atoms with Crippen molar-refractivity contribution in [2.24, 2.45) is 5.92 Å². The zero-order valence-electron chi connectivity index (χ0n) is 19.7. The van der Waals surface area contributed by atoms with Crippen molar-refractivity contribution in [3.05, 3.63) is 83.8 Å². The van der Waals surface area contributed by atoms with E-state index < -0.39 is 0 Å². The summed E-state index contributed by atoms with van der Waals surface area (Å²) in [6, 6.07) is 17.6. The minimum Gasteiger partial charge on any atom is -0.497 e. The van der Waals surface area contributed by atoms with Crippen LogP contribution in [0.4, 0.5) is 5.69 Å². The van der Waals surface area contributed by atoms with Crippen molar-refractivity contribution in [3.63, 3.8) is 0 Å². The predicted octanol–water partition coefficient (Wildman–Crippen LogP) is 3.75. The zero-order chi connectivity index (χ0) is 24.6. The van der Waals surface area contributed by atoms with Crippen LogP contribution in [0, 0.1) is 5.92 Å². The van der Waals surface area contributed by atoms with Gasteiger partial charge in [-0.05, 0) is 74.5 Å². The van der Waals surface area contributed by atoms with Crippen molar-refractivity contribution in [1.82, 2.24) is 10.2 Å². The van der Waals surface area contributed by atoms with Gasteiger partial charge in [0.2, 0.25) is 5.91 Å². The number of Topliss-reactive ketones (excluding diaryl/α,β-unsaturated/α-hetero) is 1. The Morgan fingerprint density at radius 3 is 2.43 bits per heavy atom. The van der Waals surface area contributed by atoms with Gasteiger partial charge in [-0.1, -0.05) is 12.1 Å². The number of carbonyl (C=O) groups is 3. The number of hydrogen-bond acceptors (Lipinski definition) is 6. The van der Waals surface area contributed by atoms with E-state index in [4.69, 9.17) is 9.15 Å². The third kappa shape index (κ3) is 6.36. The summed E-state index contributed by atoms with van der Waals surface area (Å²) in [6.45, 7) is 1.78. The van der Waals surface area contributed by atoms with Crippen molar-refractivity contribution >= 4 is 23.3 Å². The molecule has 1 aliphatic rings. The van der Waals surface area contributed by atoms with E-state index in [1.165, 1.54) is 0 Å². The average molecular weight is 476 g/mol. The number of nitrogens with zero attached hydrogens (tertiary/aromatic N) is 1. The topological polar surface area (TPSA) is 101 Å². The lowest BCUT2D eigenvalue weighted by atomic mass is 9.89. The van der Waals surface area contributed by atoms with E-state index in [2.05, 4.69) is 10.6 Å². The number of furan rings is 1. The summed E-state index contributed by atoms with van der Waals surface area (Å²) in [7, 11) is 1.60. The molecule has 1 saturated heterocycles. The molecule has 4 rings (SSSR count). The van der Waals surface area contributed by atoms with E-state index in [1.807, 2.05) is 4.90 Å². The highest BCUT2D eigenvalue weighted by Gasteiger charge is 2.27. The van der Waals surface area contributed by atoms with Gasteiger partial charge in [0, 0.05) is 11.5 Å². The largest absolute Gasteiger partial charge is 0.497 e. The molecule has 0 unspecified atom stereocenters. The Kier molecular flexibility index (Phi) is 7.95. The lowest BCUT2D eigenvalue weighted by molar-refractivity contribution is -0.117. The Morgan fingerprint density at radius 2 is 1.74 bits per heavy atom. The monoisotopic (exact) mass is 475 g/mol. The van der Waals surface area contributed by atoms with Gasteiger partial charge in [0.25, 0.3) is 5.91 Å². The number of likely N-dealkylation sites (tertiary alicyclic amines) is 1. The lowest BCUT2D eigenvalue weighted by Gasteiger charge is -2.30. The molecule has 0 saturated carbocycles. The number of anilines is 1. The number of methoxy groups -OCH3 is 1. The minimum absolute atomic E-state index is 0.0544. The quantitative estimate of drug-likeness (QED) is 0.457. The van der Waals surface area contributed by atoms with Crippen LogP contribution >= 0.6 is 0 Å². The van der Waals surface area contributed by atoms with Crippen molar-refractivity contribution in [1.29, 1.82) is 0 Å². The number of ketones is 1. The fraction of sp³-hybridized carbons (Fsp3) is 0.296. The Hall–Kier alpha value is -3.91. The number of para-hydroxylation sites is 1. The van der Waals surface area contributed by atoms with E-state index in [1.54, 1.807) is 74.0 Å². The van der Waals surface area contributed by atoms with Crippen LogP contribution < -0.4 is 15.4 Å². The summed E-state index contributed by atoms with van der Waals surface area (Å²) >= 11 is 0. The van der Waals surface area contributed by atoms with Crippen molar-refractivity contribution in [2.45, 2.75) is 19.4 Å². The van der Waals surface area contributed by atoms with E-state index >= 15 is 0 Å². The normalized spacial score (nSPS) is 14.3.